The smallest absolute Gasteiger partial charge is 0.410 e. The van der Waals surface area contributed by atoms with Gasteiger partial charge in [0.05, 0.1) is 13.2 Å². The summed E-state index contributed by atoms with van der Waals surface area (Å²) in [5.41, 5.74) is 1.20. The van der Waals surface area contributed by atoms with Gasteiger partial charge in [-0.1, -0.05) is 30.9 Å². The Morgan fingerprint density at radius 3 is 2.61 bits per heavy atom. The number of cyclic esters (lactones) is 1. The molecule has 2 aliphatic heterocycles. The topological polar surface area (TPSA) is 42.0 Å². The number of nitrogens with zero attached hydrogens (tertiary/aromatic N) is 2. The third-order valence-electron chi connectivity index (χ3n) is 7.21. The van der Waals surface area contributed by atoms with Crippen LogP contribution in [0.4, 0.5) is 4.79 Å². The number of amides is 1. The van der Waals surface area contributed by atoms with Crippen molar-refractivity contribution in [2.24, 2.45) is 11.8 Å². The van der Waals surface area contributed by atoms with Crippen LogP contribution in [0.25, 0.3) is 0 Å². The molecule has 3 fully saturated rings. The van der Waals surface area contributed by atoms with Crippen molar-refractivity contribution in [3.05, 3.63) is 28.8 Å². The molecule has 0 spiro atoms. The molecule has 172 valence electrons. The van der Waals surface area contributed by atoms with Crippen LogP contribution in [0.2, 0.25) is 5.02 Å². The lowest BCUT2D eigenvalue weighted by Gasteiger charge is -2.41. The molecule has 0 aromatic heterocycles. The van der Waals surface area contributed by atoms with Crippen LogP contribution in [-0.2, 0) is 11.2 Å². The predicted molar refractivity (Wildman–Crippen MR) is 124 cm³/mol. The third kappa shape index (κ3) is 6.07. The number of halogens is 1. The minimum atomic E-state index is -0.0898. The molecule has 2 saturated heterocycles. The second-order valence-corrected chi connectivity index (χ2v) is 9.93. The maximum Gasteiger partial charge on any atom is 0.410 e. The summed E-state index contributed by atoms with van der Waals surface area (Å²) in [5.74, 6) is 2.00. The molecular formula is C25H37ClN2O3. The number of piperidine rings is 1. The van der Waals surface area contributed by atoms with Gasteiger partial charge in [-0.15, -0.1) is 0 Å². The summed E-state index contributed by atoms with van der Waals surface area (Å²) < 4.78 is 11.2. The summed E-state index contributed by atoms with van der Waals surface area (Å²) in [4.78, 5) is 16.9. The van der Waals surface area contributed by atoms with Crippen molar-refractivity contribution in [3.63, 3.8) is 0 Å². The van der Waals surface area contributed by atoms with Gasteiger partial charge in [0.1, 0.15) is 5.75 Å². The van der Waals surface area contributed by atoms with Gasteiger partial charge in [-0.3, -0.25) is 0 Å². The Labute approximate surface area is 192 Å². The van der Waals surface area contributed by atoms with E-state index in [1.54, 1.807) is 0 Å². The number of hydrogen-bond donors (Lipinski definition) is 0. The molecule has 1 aromatic rings. The van der Waals surface area contributed by atoms with Gasteiger partial charge < -0.3 is 19.3 Å². The number of carbonyl (C=O) groups is 1. The number of likely N-dealkylation sites (tertiary alicyclic amines) is 1. The Hall–Kier alpha value is -1.46. The van der Waals surface area contributed by atoms with E-state index >= 15 is 0 Å². The number of rotatable bonds is 7. The van der Waals surface area contributed by atoms with Gasteiger partial charge in [-0.05, 0) is 81.8 Å². The Kier molecular flexibility index (Phi) is 8.00. The predicted octanol–water partition coefficient (Wildman–Crippen LogP) is 5.39. The quantitative estimate of drug-likeness (QED) is 0.560. The molecule has 1 unspecified atom stereocenters. The van der Waals surface area contributed by atoms with Crippen molar-refractivity contribution < 1.29 is 14.3 Å². The Bertz CT molecular complexity index is 729. The van der Waals surface area contributed by atoms with Crippen LogP contribution < -0.4 is 4.74 Å². The molecule has 6 heteroatoms. The molecule has 31 heavy (non-hydrogen) atoms. The first kappa shape index (κ1) is 22.7. The lowest BCUT2D eigenvalue weighted by molar-refractivity contribution is 0.00642. The zero-order valence-corrected chi connectivity index (χ0v) is 19.6. The molecule has 4 rings (SSSR count). The summed E-state index contributed by atoms with van der Waals surface area (Å²) in [7, 11) is 0. The van der Waals surface area contributed by atoms with E-state index in [9.17, 15) is 4.79 Å². The van der Waals surface area contributed by atoms with E-state index in [2.05, 4.69) is 11.0 Å². The van der Waals surface area contributed by atoms with Crippen LogP contribution in [-0.4, -0.2) is 61.3 Å². The number of ether oxygens (including phenoxy) is 2. The second-order valence-electron chi connectivity index (χ2n) is 9.52. The highest BCUT2D eigenvalue weighted by molar-refractivity contribution is 6.31. The average Bonchev–Trinajstić information content (AvgIpc) is 2.79. The van der Waals surface area contributed by atoms with Crippen molar-refractivity contribution in [3.8, 4) is 5.75 Å². The van der Waals surface area contributed by atoms with Gasteiger partial charge in [0.25, 0.3) is 0 Å². The van der Waals surface area contributed by atoms with Gasteiger partial charge in [0.15, 0.2) is 0 Å². The fourth-order valence-corrected chi connectivity index (χ4v) is 5.69. The molecule has 5 nitrogen and oxygen atoms in total. The van der Waals surface area contributed by atoms with Crippen molar-refractivity contribution in [2.45, 2.75) is 64.3 Å². The molecule has 0 N–H and O–H groups in total. The molecule has 2 heterocycles. The van der Waals surface area contributed by atoms with Crippen molar-refractivity contribution in [1.29, 1.82) is 0 Å². The van der Waals surface area contributed by atoms with Crippen LogP contribution in [0.3, 0.4) is 0 Å². The van der Waals surface area contributed by atoms with Gasteiger partial charge in [0, 0.05) is 30.1 Å². The zero-order valence-electron chi connectivity index (χ0n) is 18.9. The second kappa shape index (κ2) is 10.9. The normalized spacial score (nSPS) is 24.3. The summed E-state index contributed by atoms with van der Waals surface area (Å²) >= 11 is 6.45. The van der Waals surface area contributed by atoms with Crippen LogP contribution in [0.1, 0.15) is 57.4 Å². The lowest BCUT2D eigenvalue weighted by Crippen LogP contribution is -2.52. The minimum Gasteiger partial charge on any atom is -0.494 e. The maximum atomic E-state index is 12.3. The minimum absolute atomic E-state index is 0.0898. The van der Waals surface area contributed by atoms with Crippen LogP contribution >= 0.6 is 11.6 Å². The van der Waals surface area contributed by atoms with Gasteiger partial charge in [-0.25, -0.2) is 4.79 Å². The number of carbonyl (C=O) groups excluding carboxylic acids is 1. The maximum absolute atomic E-state index is 12.3. The van der Waals surface area contributed by atoms with Crippen LogP contribution in [0.5, 0.6) is 5.75 Å². The first-order chi connectivity index (χ1) is 15.1. The van der Waals surface area contributed by atoms with E-state index in [-0.39, 0.29) is 6.09 Å². The molecule has 1 aromatic carbocycles. The first-order valence-electron chi connectivity index (χ1n) is 12.2. The van der Waals surface area contributed by atoms with Crippen molar-refractivity contribution in [1.82, 2.24) is 9.80 Å². The molecule has 0 radical (unpaired) electrons. The molecule has 1 atom stereocenters. The summed E-state index contributed by atoms with van der Waals surface area (Å²) in [6.07, 6.45) is 9.37. The SMILES string of the molecule is CCOc1ccc(Cl)c(CC2CCN(CC3COC(=O)N(C4CCCCC4)C3)CC2)c1. The summed E-state index contributed by atoms with van der Waals surface area (Å²) in [5, 5.41) is 0.845. The lowest BCUT2D eigenvalue weighted by atomic mass is 9.89. The summed E-state index contributed by atoms with van der Waals surface area (Å²) in [6.45, 7) is 7.37. The number of hydrogen-bond acceptors (Lipinski definition) is 4. The van der Waals surface area contributed by atoms with E-state index in [0.717, 1.165) is 56.2 Å². The average molecular weight is 449 g/mol. The third-order valence-corrected chi connectivity index (χ3v) is 7.58. The van der Waals surface area contributed by atoms with E-state index in [4.69, 9.17) is 21.1 Å². The highest BCUT2D eigenvalue weighted by Gasteiger charge is 2.34. The van der Waals surface area contributed by atoms with E-state index in [1.165, 1.54) is 37.7 Å². The molecule has 3 aliphatic rings. The van der Waals surface area contributed by atoms with Gasteiger partial charge in [-0.2, -0.15) is 0 Å². The van der Waals surface area contributed by atoms with E-state index < -0.39 is 0 Å². The highest BCUT2D eigenvalue weighted by Crippen LogP contribution is 2.30. The van der Waals surface area contributed by atoms with Crippen LogP contribution in [0, 0.1) is 11.8 Å². The molecule has 1 aliphatic carbocycles. The Balaban J connectivity index is 1.25. The Morgan fingerprint density at radius 2 is 1.87 bits per heavy atom. The molecular weight excluding hydrogens is 412 g/mol. The van der Waals surface area contributed by atoms with Crippen LogP contribution in [0.15, 0.2) is 18.2 Å². The van der Waals surface area contributed by atoms with Gasteiger partial charge >= 0.3 is 6.09 Å². The molecule has 1 saturated carbocycles. The fraction of sp³-hybridized carbons (Fsp3) is 0.720. The summed E-state index contributed by atoms with van der Waals surface area (Å²) in [6, 6.07) is 6.41. The highest BCUT2D eigenvalue weighted by atomic mass is 35.5. The fourth-order valence-electron chi connectivity index (χ4n) is 5.49. The monoisotopic (exact) mass is 448 g/mol. The molecule has 0 bridgehead atoms. The van der Waals surface area contributed by atoms with Crippen molar-refractivity contribution >= 4 is 17.7 Å². The largest absolute Gasteiger partial charge is 0.494 e. The zero-order chi connectivity index (χ0) is 21.6. The van der Waals surface area contributed by atoms with E-state index in [0.29, 0.717) is 31.1 Å². The standard InChI is InChI=1S/C25H37ClN2O3/c1-2-30-23-8-9-24(26)21(15-23)14-19-10-12-27(13-11-19)16-20-17-28(25(29)31-18-20)22-6-4-3-5-7-22/h8-9,15,19-20,22H,2-7,10-14,16-18H2,1H3. The first-order valence-corrected chi connectivity index (χ1v) is 12.6. The number of benzene rings is 1. The molecule has 1 amide bonds. The van der Waals surface area contributed by atoms with Gasteiger partial charge in [0.2, 0.25) is 0 Å². The van der Waals surface area contributed by atoms with Crippen molar-refractivity contribution in [2.75, 3.05) is 39.4 Å². The van der Waals surface area contributed by atoms with E-state index in [1.807, 2.05) is 24.0 Å². The Morgan fingerprint density at radius 1 is 1.10 bits per heavy atom.